The molecule has 0 unspecified atom stereocenters. The van der Waals surface area contributed by atoms with Gasteiger partial charge >= 0.3 is 6.18 Å². The van der Waals surface area contributed by atoms with E-state index < -0.39 is 17.3 Å². The Labute approximate surface area is 255 Å². The van der Waals surface area contributed by atoms with Crippen LogP contribution in [0.3, 0.4) is 0 Å². The van der Waals surface area contributed by atoms with Gasteiger partial charge in [0.05, 0.1) is 22.7 Å². The number of hydrogen-bond donors (Lipinski definition) is 0. The number of rotatable bonds is 7. The number of nitrogens with zero attached hydrogens (tertiary/aromatic N) is 4. The van der Waals surface area contributed by atoms with Crippen LogP contribution in [0, 0.1) is 19.7 Å². The van der Waals surface area contributed by atoms with Crippen molar-refractivity contribution in [3.05, 3.63) is 147 Å². The van der Waals surface area contributed by atoms with Gasteiger partial charge < -0.3 is 9.30 Å². The van der Waals surface area contributed by atoms with Crippen molar-refractivity contribution >= 4 is 17.1 Å². The average Bonchev–Trinajstić information content (AvgIpc) is 3.32. The summed E-state index contributed by atoms with van der Waals surface area (Å²) >= 11 is 0. The number of alkyl halides is 3. The summed E-state index contributed by atoms with van der Waals surface area (Å²) in [5.41, 5.74) is 3.25. The molecule has 0 saturated heterocycles. The van der Waals surface area contributed by atoms with Crippen LogP contribution in [-0.2, 0) is 12.8 Å². The van der Waals surface area contributed by atoms with Crippen LogP contribution < -0.4 is 10.3 Å². The highest BCUT2D eigenvalue weighted by molar-refractivity contribution is 5.83. The summed E-state index contributed by atoms with van der Waals surface area (Å²) in [5.74, 6) is 0.339. The summed E-state index contributed by atoms with van der Waals surface area (Å²) in [5, 5.41) is 4.74. The van der Waals surface area contributed by atoms with Crippen LogP contribution in [0.15, 0.2) is 113 Å². The first kappa shape index (κ1) is 29.6. The minimum Gasteiger partial charge on any atom is -0.489 e. The molecule has 0 N–H and O–H groups in total. The quantitative estimate of drug-likeness (QED) is 0.136. The summed E-state index contributed by atoms with van der Waals surface area (Å²) < 4.78 is 62.6. The highest BCUT2D eigenvalue weighted by Crippen LogP contribution is 2.32. The molecule has 0 atom stereocenters. The largest absolute Gasteiger partial charge is 0.489 e. The molecule has 0 aliphatic heterocycles. The van der Waals surface area contributed by atoms with Gasteiger partial charge in [0, 0.05) is 28.2 Å². The molecule has 0 aliphatic carbocycles. The molecule has 45 heavy (non-hydrogen) atoms. The normalized spacial score (nSPS) is 11.9. The molecule has 226 valence electrons. The van der Waals surface area contributed by atoms with E-state index in [2.05, 4.69) is 10.1 Å². The SMILES string of the molecule is Cc1cc(C=Nn2c(-c3cccc(C(F)(F)F)c3)nc3ccccc3c2=O)c(C)n1-c1ccc(OCc2ccc(F)cc2)cc1. The number of aromatic nitrogens is 3. The Morgan fingerprint density at radius 2 is 1.62 bits per heavy atom. The lowest BCUT2D eigenvalue weighted by molar-refractivity contribution is -0.137. The Kier molecular flexibility index (Phi) is 7.80. The van der Waals surface area contributed by atoms with Crippen molar-refractivity contribution in [2.45, 2.75) is 26.6 Å². The standard InChI is InChI=1S/C35H26F4N4O2/c1-22-18-26(23(2)42(22)29-14-16-30(17-15-29)45-21-24-10-12-28(36)13-11-24)20-40-43-33(25-6-5-7-27(19-25)35(37,38)39)41-32-9-4-3-8-31(32)34(43)44/h3-20H,21H2,1-2H3. The van der Waals surface area contributed by atoms with Gasteiger partial charge in [0.1, 0.15) is 18.2 Å². The fourth-order valence-corrected chi connectivity index (χ4v) is 5.13. The molecule has 2 aromatic heterocycles. The van der Waals surface area contributed by atoms with Gasteiger partial charge in [-0.1, -0.05) is 36.4 Å². The molecule has 2 heterocycles. The van der Waals surface area contributed by atoms with E-state index in [1.165, 1.54) is 30.5 Å². The highest BCUT2D eigenvalue weighted by Gasteiger charge is 2.31. The minimum absolute atomic E-state index is 0.00826. The van der Waals surface area contributed by atoms with Crippen molar-refractivity contribution in [3.63, 3.8) is 0 Å². The molecule has 0 bridgehead atoms. The second kappa shape index (κ2) is 11.9. The van der Waals surface area contributed by atoms with Crippen molar-refractivity contribution in [2.75, 3.05) is 0 Å². The summed E-state index contributed by atoms with van der Waals surface area (Å²) in [6, 6.07) is 26.8. The Morgan fingerprint density at radius 3 is 2.36 bits per heavy atom. The van der Waals surface area contributed by atoms with Crippen LogP contribution in [0.2, 0.25) is 0 Å². The van der Waals surface area contributed by atoms with Crippen molar-refractivity contribution in [2.24, 2.45) is 5.10 Å². The molecule has 4 aromatic carbocycles. The lowest BCUT2D eigenvalue weighted by Gasteiger charge is -2.12. The van der Waals surface area contributed by atoms with Gasteiger partial charge in [-0.25, -0.2) is 9.37 Å². The summed E-state index contributed by atoms with van der Waals surface area (Å²) in [7, 11) is 0. The van der Waals surface area contributed by atoms with Crippen molar-refractivity contribution in [1.82, 2.24) is 14.2 Å². The second-order valence-corrected chi connectivity index (χ2v) is 10.5. The van der Waals surface area contributed by atoms with Crippen molar-refractivity contribution in [1.29, 1.82) is 0 Å². The zero-order valence-electron chi connectivity index (χ0n) is 24.2. The number of para-hydroxylation sites is 1. The number of aryl methyl sites for hydroxylation is 1. The number of benzene rings is 4. The molecule has 0 spiro atoms. The van der Waals surface area contributed by atoms with E-state index in [4.69, 9.17) is 4.74 Å². The predicted octanol–water partition coefficient (Wildman–Crippen LogP) is 8.09. The smallest absolute Gasteiger partial charge is 0.416 e. The van der Waals surface area contributed by atoms with Crippen LogP contribution in [0.25, 0.3) is 28.0 Å². The van der Waals surface area contributed by atoms with Crippen molar-refractivity contribution < 1.29 is 22.3 Å². The molecule has 0 aliphatic rings. The van der Waals surface area contributed by atoms with Crippen LogP contribution >= 0.6 is 0 Å². The first-order chi connectivity index (χ1) is 21.6. The van der Waals surface area contributed by atoms with Gasteiger partial charge in [0.2, 0.25) is 0 Å². The van der Waals surface area contributed by atoms with Crippen LogP contribution in [0.5, 0.6) is 5.75 Å². The zero-order chi connectivity index (χ0) is 31.7. The number of fused-ring (bicyclic) bond motifs is 1. The summed E-state index contributed by atoms with van der Waals surface area (Å²) in [6.45, 7) is 4.14. The van der Waals surface area contributed by atoms with E-state index in [0.717, 1.165) is 39.4 Å². The van der Waals surface area contributed by atoms with E-state index in [1.807, 2.05) is 48.7 Å². The van der Waals surface area contributed by atoms with E-state index in [0.29, 0.717) is 23.4 Å². The Morgan fingerprint density at radius 1 is 0.889 bits per heavy atom. The first-order valence-electron chi connectivity index (χ1n) is 14.0. The summed E-state index contributed by atoms with van der Waals surface area (Å²) in [6.07, 6.45) is -3.06. The maximum atomic E-state index is 13.5. The molecule has 6 nitrogen and oxygen atoms in total. The van der Waals surface area contributed by atoms with Crippen molar-refractivity contribution in [3.8, 4) is 22.8 Å². The molecule has 0 saturated carbocycles. The fraction of sp³-hybridized carbons (Fsp3) is 0.114. The van der Waals surface area contributed by atoms with Crippen LogP contribution in [0.1, 0.15) is 28.1 Å². The fourth-order valence-electron chi connectivity index (χ4n) is 5.13. The number of ether oxygens (including phenoxy) is 1. The maximum Gasteiger partial charge on any atom is 0.416 e. The van der Waals surface area contributed by atoms with Gasteiger partial charge in [-0.05, 0) is 86.1 Å². The molecular formula is C35H26F4N4O2. The topological polar surface area (TPSA) is 61.4 Å². The lowest BCUT2D eigenvalue weighted by Crippen LogP contribution is -2.20. The molecule has 0 radical (unpaired) electrons. The molecule has 10 heteroatoms. The Balaban J connectivity index is 1.33. The predicted molar refractivity (Wildman–Crippen MR) is 165 cm³/mol. The van der Waals surface area contributed by atoms with Gasteiger partial charge in [0.25, 0.3) is 5.56 Å². The van der Waals surface area contributed by atoms with Crippen LogP contribution in [-0.4, -0.2) is 20.4 Å². The molecule has 6 aromatic rings. The van der Waals surface area contributed by atoms with Gasteiger partial charge in [-0.15, -0.1) is 0 Å². The molecule has 0 amide bonds. The van der Waals surface area contributed by atoms with E-state index in [9.17, 15) is 22.4 Å². The molecule has 6 rings (SSSR count). The minimum atomic E-state index is -4.56. The molecule has 0 fully saturated rings. The van der Waals surface area contributed by atoms with Gasteiger partial charge in [-0.3, -0.25) is 4.79 Å². The summed E-state index contributed by atoms with van der Waals surface area (Å²) in [4.78, 5) is 18.1. The monoisotopic (exact) mass is 610 g/mol. The van der Waals surface area contributed by atoms with E-state index in [1.54, 1.807) is 36.4 Å². The third-order valence-electron chi connectivity index (χ3n) is 7.40. The Hall–Kier alpha value is -5.51. The lowest BCUT2D eigenvalue weighted by atomic mass is 10.1. The zero-order valence-corrected chi connectivity index (χ0v) is 24.2. The highest BCUT2D eigenvalue weighted by atomic mass is 19.4. The maximum absolute atomic E-state index is 13.5. The van der Waals surface area contributed by atoms with E-state index in [-0.39, 0.29) is 22.6 Å². The second-order valence-electron chi connectivity index (χ2n) is 10.5. The number of halogens is 4. The number of hydrogen-bond acceptors (Lipinski definition) is 4. The average molecular weight is 611 g/mol. The van der Waals surface area contributed by atoms with Gasteiger partial charge in [0.15, 0.2) is 5.82 Å². The van der Waals surface area contributed by atoms with E-state index >= 15 is 0 Å². The molecular weight excluding hydrogens is 584 g/mol. The first-order valence-corrected chi connectivity index (χ1v) is 14.0. The van der Waals surface area contributed by atoms with Crippen LogP contribution in [0.4, 0.5) is 17.6 Å². The Bertz CT molecular complexity index is 2100. The van der Waals surface area contributed by atoms with Gasteiger partial charge in [-0.2, -0.15) is 22.9 Å². The third kappa shape index (κ3) is 6.12. The third-order valence-corrected chi connectivity index (χ3v) is 7.40.